The molecule has 1 fully saturated rings. The maximum absolute atomic E-state index is 9.75. The molecule has 0 aliphatic carbocycles. The molecule has 1 saturated heterocycles. The molecule has 4 unspecified atom stereocenters. The second-order valence-electron chi connectivity index (χ2n) is 6.18. The van der Waals surface area contributed by atoms with E-state index in [1.165, 1.54) is 0 Å². The number of nitriles is 1. The van der Waals surface area contributed by atoms with E-state index in [1.807, 2.05) is 30.3 Å². The second-order valence-corrected chi connectivity index (χ2v) is 7.34. The lowest BCUT2D eigenvalue weighted by molar-refractivity contribution is 0.0339. The van der Waals surface area contributed by atoms with Crippen LogP contribution in [0.2, 0.25) is 0 Å². The van der Waals surface area contributed by atoms with Crippen LogP contribution >= 0.6 is 22.6 Å². The Labute approximate surface area is 160 Å². The Morgan fingerprint density at radius 1 is 1.04 bits per heavy atom. The molecule has 2 aliphatic heterocycles. The van der Waals surface area contributed by atoms with Gasteiger partial charge in [-0.25, -0.2) is 10.9 Å². The second kappa shape index (κ2) is 6.67. The molecule has 4 N–H and O–H groups in total. The fourth-order valence-corrected chi connectivity index (χ4v) is 4.46. The quantitative estimate of drug-likeness (QED) is 0.621. The van der Waals surface area contributed by atoms with Crippen molar-refractivity contribution >= 4 is 22.6 Å². The Morgan fingerprint density at radius 3 is 2.48 bits per heavy atom. The Morgan fingerprint density at radius 2 is 1.76 bits per heavy atom. The van der Waals surface area contributed by atoms with Gasteiger partial charge in [-0.2, -0.15) is 5.26 Å². The minimum absolute atomic E-state index is 0.0141. The molecule has 4 atom stereocenters. The zero-order valence-corrected chi connectivity index (χ0v) is 15.5. The number of hydrogen-bond donors (Lipinski definition) is 3. The van der Waals surface area contributed by atoms with E-state index in [9.17, 15) is 5.26 Å². The standard InChI is InChI=1S/C19H17IN4O/c20-14-9-5-4-8-12(14)15-13(10-21)18(22)25-19-16(15)17(23-24-19)11-6-2-1-3-7-11/h1-9,15-17,19,23-24H,22H2. The van der Waals surface area contributed by atoms with E-state index in [2.05, 4.69) is 63.8 Å². The van der Waals surface area contributed by atoms with Gasteiger partial charge in [0.15, 0.2) is 6.23 Å². The highest BCUT2D eigenvalue weighted by Gasteiger charge is 2.49. The van der Waals surface area contributed by atoms with Crippen molar-refractivity contribution in [2.45, 2.75) is 18.2 Å². The average molecular weight is 444 g/mol. The van der Waals surface area contributed by atoms with Crippen molar-refractivity contribution in [3.63, 3.8) is 0 Å². The number of hydrazine groups is 1. The summed E-state index contributed by atoms with van der Waals surface area (Å²) in [6.07, 6.45) is -0.289. The van der Waals surface area contributed by atoms with Gasteiger partial charge >= 0.3 is 0 Å². The van der Waals surface area contributed by atoms with Crippen LogP contribution in [0.5, 0.6) is 0 Å². The maximum Gasteiger partial charge on any atom is 0.200 e. The fraction of sp³-hybridized carbons (Fsp3) is 0.211. The zero-order valence-electron chi connectivity index (χ0n) is 13.3. The van der Waals surface area contributed by atoms with E-state index in [4.69, 9.17) is 10.5 Å². The number of benzene rings is 2. The first kappa shape index (κ1) is 16.4. The number of rotatable bonds is 2. The number of nitrogens with zero attached hydrogens (tertiary/aromatic N) is 1. The number of nitrogens with one attached hydrogen (secondary N) is 2. The molecule has 0 amide bonds. The molecule has 2 heterocycles. The number of fused-ring (bicyclic) bond motifs is 1. The highest BCUT2D eigenvalue weighted by Crippen LogP contribution is 2.48. The molecule has 2 aliphatic rings. The fourth-order valence-electron chi connectivity index (χ4n) is 3.74. The maximum atomic E-state index is 9.75. The number of halogens is 1. The van der Waals surface area contributed by atoms with E-state index in [0.717, 1.165) is 14.7 Å². The predicted octanol–water partition coefficient (Wildman–Crippen LogP) is 2.89. The van der Waals surface area contributed by atoms with Gasteiger partial charge in [0.2, 0.25) is 5.88 Å². The largest absolute Gasteiger partial charge is 0.458 e. The summed E-state index contributed by atoms with van der Waals surface area (Å²) in [5.41, 5.74) is 15.4. The zero-order chi connectivity index (χ0) is 17.4. The number of ether oxygens (including phenoxy) is 1. The molecule has 126 valence electrons. The molecule has 2 aromatic rings. The van der Waals surface area contributed by atoms with E-state index < -0.39 is 0 Å². The number of allylic oxidation sites excluding steroid dienone is 1. The smallest absolute Gasteiger partial charge is 0.200 e. The van der Waals surface area contributed by atoms with Crippen molar-refractivity contribution in [2.24, 2.45) is 11.7 Å². The van der Waals surface area contributed by atoms with E-state index in [1.54, 1.807) is 0 Å². The average Bonchev–Trinajstić information content (AvgIpc) is 3.05. The molecule has 25 heavy (non-hydrogen) atoms. The van der Waals surface area contributed by atoms with E-state index in [0.29, 0.717) is 5.57 Å². The first-order valence-electron chi connectivity index (χ1n) is 8.07. The molecular formula is C19H17IN4O. The summed E-state index contributed by atoms with van der Waals surface area (Å²) in [6.45, 7) is 0. The van der Waals surface area contributed by atoms with Gasteiger partial charge in [-0.15, -0.1) is 0 Å². The van der Waals surface area contributed by atoms with Gasteiger partial charge in [-0.3, -0.25) is 0 Å². The highest BCUT2D eigenvalue weighted by molar-refractivity contribution is 14.1. The lowest BCUT2D eigenvalue weighted by atomic mass is 9.74. The van der Waals surface area contributed by atoms with Gasteiger partial charge in [0.1, 0.15) is 6.07 Å². The molecule has 0 spiro atoms. The van der Waals surface area contributed by atoms with Crippen molar-refractivity contribution in [1.82, 2.24) is 10.9 Å². The van der Waals surface area contributed by atoms with Crippen LogP contribution in [0.25, 0.3) is 0 Å². The number of nitrogens with two attached hydrogens (primary N) is 1. The monoisotopic (exact) mass is 444 g/mol. The Balaban J connectivity index is 1.85. The topological polar surface area (TPSA) is 83.1 Å². The minimum atomic E-state index is -0.289. The van der Waals surface area contributed by atoms with Crippen LogP contribution in [0.15, 0.2) is 66.1 Å². The van der Waals surface area contributed by atoms with Gasteiger partial charge in [-0.1, -0.05) is 48.5 Å². The summed E-state index contributed by atoms with van der Waals surface area (Å²) in [6, 6.07) is 20.6. The summed E-state index contributed by atoms with van der Waals surface area (Å²) >= 11 is 2.32. The van der Waals surface area contributed by atoms with E-state index in [-0.39, 0.29) is 30.0 Å². The van der Waals surface area contributed by atoms with E-state index >= 15 is 0 Å². The molecule has 0 aromatic heterocycles. The van der Waals surface area contributed by atoms with Crippen molar-refractivity contribution < 1.29 is 4.74 Å². The molecule has 4 rings (SSSR count). The third-order valence-corrected chi connectivity index (χ3v) is 5.83. The third-order valence-electron chi connectivity index (χ3n) is 4.85. The van der Waals surface area contributed by atoms with Crippen LogP contribution in [-0.2, 0) is 4.74 Å². The summed E-state index contributed by atoms with van der Waals surface area (Å²) in [5.74, 6) is 0.0845. The minimum Gasteiger partial charge on any atom is -0.458 e. The van der Waals surface area contributed by atoms with Crippen molar-refractivity contribution in [1.29, 1.82) is 5.26 Å². The Bertz CT molecular complexity index is 861. The van der Waals surface area contributed by atoms with Gasteiger partial charge in [0.25, 0.3) is 0 Å². The van der Waals surface area contributed by atoms with Crippen LogP contribution in [-0.4, -0.2) is 6.23 Å². The summed E-state index contributed by atoms with van der Waals surface area (Å²) in [7, 11) is 0. The Hall–Kier alpha value is -2.08. The Kier molecular flexibility index (Phi) is 4.37. The molecule has 6 heteroatoms. The molecule has 5 nitrogen and oxygen atoms in total. The van der Waals surface area contributed by atoms with Crippen LogP contribution < -0.4 is 16.6 Å². The molecular weight excluding hydrogens is 427 g/mol. The van der Waals surface area contributed by atoms with Crippen LogP contribution in [0.4, 0.5) is 0 Å². The predicted molar refractivity (Wildman–Crippen MR) is 103 cm³/mol. The van der Waals surface area contributed by atoms with Crippen LogP contribution in [0.3, 0.4) is 0 Å². The van der Waals surface area contributed by atoms with Crippen LogP contribution in [0.1, 0.15) is 23.1 Å². The van der Waals surface area contributed by atoms with Gasteiger partial charge < -0.3 is 10.5 Å². The van der Waals surface area contributed by atoms with Crippen molar-refractivity contribution in [3.05, 3.63) is 80.8 Å². The SMILES string of the molecule is N#CC1=C(N)OC2NNC(c3ccccc3)C2C1c1ccccc1I. The third kappa shape index (κ3) is 2.78. The van der Waals surface area contributed by atoms with Crippen molar-refractivity contribution in [3.8, 4) is 6.07 Å². The lowest BCUT2D eigenvalue weighted by Gasteiger charge is -2.36. The van der Waals surface area contributed by atoms with Crippen molar-refractivity contribution in [2.75, 3.05) is 0 Å². The molecule has 0 radical (unpaired) electrons. The number of hydrogen-bond acceptors (Lipinski definition) is 5. The first-order valence-corrected chi connectivity index (χ1v) is 9.15. The summed E-state index contributed by atoms with van der Waals surface area (Å²) in [5, 5.41) is 9.75. The van der Waals surface area contributed by atoms with Gasteiger partial charge in [0.05, 0.1) is 11.6 Å². The molecule has 0 saturated carbocycles. The van der Waals surface area contributed by atoms with Gasteiger partial charge in [-0.05, 0) is 39.8 Å². The lowest BCUT2D eigenvalue weighted by Crippen LogP contribution is -2.41. The normalized spacial score (nSPS) is 28.2. The van der Waals surface area contributed by atoms with Crippen LogP contribution in [0, 0.1) is 20.8 Å². The van der Waals surface area contributed by atoms with Gasteiger partial charge in [0, 0.05) is 15.4 Å². The molecule has 2 aromatic carbocycles. The molecule has 0 bridgehead atoms. The highest BCUT2D eigenvalue weighted by atomic mass is 127. The summed E-state index contributed by atoms with van der Waals surface area (Å²) < 4.78 is 6.93. The summed E-state index contributed by atoms with van der Waals surface area (Å²) in [4.78, 5) is 0. The first-order chi connectivity index (χ1) is 12.2.